The monoisotopic (exact) mass is 1060 g/mol. The van der Waals surface area contributed by atoms with E-state index in [0.717, 1.165) is 88.0 Å². The van der Waals surface area contributed by atoms with Crippen LogP contribution in [-0.4, -0.2) is 111 Å². The Balaban J connectivity index is 0.625. The second-order valence-corrected chi connectivity index (χ2v) is 20.4. The van der Waals surface area contributed by atoms with Gasteiger partial charge in [0.1, 0.15) is 5.75 Å². The molecule has 0 atom stereocenters. The Morgan fingerprint density at radius 1 is 0.822 bits per heavy atom. The number of halogens is 5. The number of nitrogens with zero attached hydrogens (tertiary/aromatic N) is 6. The molecule has 0 bridgehead atoms. The van der Waals surface area contributed by atoms with Gasteiger partial charge in [0, 0.05) is 96.5 Å². The number of aromatic nitrogens is 3. The van der Waals surface area contributed by atoms with Crippen LogP contribution in [0.4, 0.5) is 8.63 Å². The van der Waals surface area contributed by atoms with Gasteiger partial charge in [-0.05, 0) is 117 Å². The van der Waals surface area contributed by atoms with Gasteiger partial charge in [0.15, 0.2) is 23.7 Å². The van der Waals surface area contributed by atoms with Crippen LogP contribution in [0.5, 0.6) is 5.75 Å². The lowest BCUT2D eigenvalue weighted by atomic mass is 9.90. The highest BCUT2D eigenvalue weighted by Crippen LogP contribution is 2.36. The molecule has 3 aromatic carbocycles. The minimum Gasteiger partial charge on any atom is -0.484 e. The smallest absolute Gasteiger partial charge is 0.484 e. The minimum atomic E-state index is -4.13. The molecule has 6 aromatic rings. The van der Waals surface area contributed by atoms with Crippen molar-refractivity contribution in [3.63, 3.8) is 0 Å². The molecule has 73 heavy (non-hydrogen) atoms. The first kappa shape index (κ1) is 51.6. The molecule has 3 aromatic heterocycles. The van der Waals surface area contributed by atoms with Crippen molar-refractivity contribution in [2.45, 2.75) is 45.4 Å². The summed E-state index contributed by atoms with van der Waals surface area (Å²) < 4.78 is 41.9. The number of ether oxygens (including phenoxy) is 1. The summed E-state index contributed by atoms with van der Waals surface area (Å²) in [6, 6.07) is 26.8. The van der Waals surface area contributed by atoms with Crippen LogP contribution in [0.25, 0.3) is 35.2 Å². The van der Waals surface area contributed by atoms with Gasteiger partial charge in [-0.25, -0.2) is 4.68 Å². The maximum atomic E-state index is 16.1. The minimum absolute atomic E-state index is 0.0190. The summed E-state index contributed by atoms with van der Waals surface area (Å²) in [5.74, 6) is 0.158. The molecule has 0 unspecified atom stereocenters. The number of hydrogen-bond donors (Lipinski definition) is 2. The number of nitrogens with one attached hydrogen (secondary N) is 2. The predicted molar refractivity (Wildman–Crippen MR) is 289 cm³/mol. The highest BCUT2D eigenvalue weighted by molar-refractivity contribution is 7.12. The highest BCUT2D eigenvalue weighted by atomic mass is 35.5. The Bertz CT molecular complexity index is 3110. The first-order valence-electron chi connectivity index (χ1n) is 24.4. The zero-order valence-electron chi connectivity index (χ0n) is 40.2. The predicted octanol–water partition coefficient (Wildman–Crippen LogP) is 10.9. The molecule has 3 aliphatic heterocycles. The summed E-state index contributed by atoms with van der Waals surface area (Å²) in [5.41, 5.74) is 5.93. The number of rotatable bonds is 20. The molecular weight excluding hydrogens is 1010 g/mol. The van der Waals surface area contributed by atoms with E-state index >= 15 is 8.63 Å². The van der Waals surface area contributed by atoms with Crippen LogP contribution < -0.4 is 15.4 Å². The highest BCUT2D eigenvalue weighted by Gasteiger charge is 2.52. The van der Waals surface area contributed by atoms with E-state index in [-0.39, 0.29) is 24.3 Å². The van der Waals surface area contributed by atoms with Gasteiger partial charge in [-0.15, -0.1) is 11.3 Å². The quantitative estimate of drug-likeness (QED) is 0.0581. The van der Waals surface area contributed by atoms with Crippen LogP contribution in [0.1, 0.15) is 76.4 Å². The maximum absolute atomic E-state index is 16.1. The average Bonchev–Trinajstić information content (AvgIpc) is 4.22. The standard InChI is InChI=1S/C54H54BCl3F2N8O4S/c1-37-52(63-68(47-24-17-41(57)34-46(47)58)53(37)39-13-15-40(56)16-14-39)54(71)65-31-29-64(30-32-65)28-6-5-27-61-50(69)9-3-2-4-26-62-51(70)36-72-45-22-11-38(12-23-45)10-18-42-19-20-43-35-44-21-25-48(49-8-7-33-73-49)67(44)55(59,60)66(42)43/h7-8,10-25,33-35H,2-6,9,26-32,36H2,1H3,(H,61,69)(H,62,70)/b18-10+. The van der Waals surface area contributed by atoms with Crippen LogP contribution in [0, 0.1) is 6.92 Å². The van der Waals surface area contributed by atoms with Crippen LogP contribution in [0.3, 0.4) is 0 Å². The number of allylic oxidation sites excluding steroid dienone is 2. The fourth-order valence-electron chi connectivity index (χ4n) is 9.36. The number of fused-ring (bicyclic) bond motifs is 2. The molecule has 378 valence electrons. The summed E-state index contributed by atoms with van der Waals surface area (Å²) >= 11 is 20.4. The van der Waals surface area contributed by atoms with Gasteiger partial charge in [0.05, 0.1) is 21.3 Å². The molecule has 0 aliphatic carbocycles. The van der Waals surface area contributed by atoms with Crippen molar-refractivity contribution in [2.75, 3.05) is 52.4 Å². The largest absolute Gasteiger partial charge is 0.737 e. The normalized spacial score (nSPS) is 15.2. The number of piperazine rings is 1. The van der Waals surface area contributed by atoms with E-state index in [9.17, 15) is 14.4 Å². The maximum Gasteiger partial charge on any atom is 0.737 e. The van der Waals surface area contributed by atoms with E-state index in [1.807, 2.05) is 53.6 Å². The molecule has 6 heterocycles. The number of carbonyl (C=O) groups is 3. The van der Waals surface area contributed by atoms with Crippen LogP contribution >= 0.6 is 46.1 Å². The average molecular weight is 1070 g/mol. The molecule has 3 aliphatic rings. The number of amides is 3. The van der Waals surface area contributed by atoms with Crippen molar-refractivity contribution in [3.05, 3.63) is 162 Å². The van der Waals surface area contributed by atoms with Gasteiger partial charge < -0.3 is 37.9 Å². The fourth-order valence-corrected chi connectivity index (χ4v) is 10.7. The van der Waals surface area contributed by atoms with Gasteiger partial charge in [-0.3, -0.25) is 19.3 Å². The number of thiophene rings is 1. The van der Waals surface area contributed by atoms with Gasteiger partial charge in [0.25, 0.3) is 11.8 Å². The van der Waals surface area contributed by atoms with Gasteiger partial charge in [0.2, 0.25) is 5.91 Å². The SMILES string of the molecule is Cc1c(C(=O)N2CCN(CCCCNC(=O)CCCCCNC(=O)COc3ccc(/C=C/c4ccc5n4[B-](F)(F)[N+]4=C(c6cccs6)C=CC4=C5)cc3)CC2)nn(-c2ccc(Cl)cc2Cl)c1-c1ccc(Cl)cc1. The molecule has 19 heteroatoms. The lowest BCUT2D eigenvalue weighted by Gasteiger charge is -2.34. The van der Waals surface area contributed by atoms with E-state index in [0.29, 0.717) is 87.6 Å². The lowest BCUT2D eigenvalue weighted by molar-refractivity contribution is -0.360. The number of carbonyl (C=O) groups excluding carboxylic acids is 3. The molecule has 0 spiro atoms. The Morgan fingerprint density at radius 3 is 2.30 bits per heavy atom. The molecule has 3 amide bonds. The Labute approximate surface area is 442 Å². The topological polar surface area (TPSA) is 117 Å². The van der Waals surface area contributed by atoms with Gasteiger partial charge in [-0.1, -0.05) is 77.6 Å². The summed E-state index contributed by atoms with van der Waals surface area (Å²) in [7, 11) is 0. The Kier molecular flexibility index (Phi) is 16.5. The molecule has 1 fully saturated rings. The first-order valence-corrected chi connectivity index (χ1v) is 26.5. The summed E-state index contributed by atoms with van der Waals surface area (Å²) in [4.78, 5) is 43.9. The first-order chi connectivity index (χ1) is 35.3. The van der Waals surface area contributed by atoms with E-state index in [1.54, 1.807) is 89.7 Å². The van der Waals surface area contributed by atoms with Crippen molar-refractivity contribution in [3.8, 4) is 22.7 Å². The summed E-state index contributed by atoms with van der Waals surface area (Å²) in [6.45, 7) is 2.23. The van der Waals surface area contributed by atoms with Crippen LogP contribution in [0.15, 0.2) is 114 Å². The van der Waals surface area contributed by atoms with Gasteiger partial charge in [-0.2, -0.15) is 5.10 Å². The Hall–Kier alpha value is -6.30. The molecule has 0 saturated carbocycles. The molecular formula is C54H54BCl3F2N8O4S. The van der Waals surface area contributed by atoms with Crippen molar-refractivity contribution in [2.24, 2.45) is 0 Å². The van der Waals surface area contributed by atoms with E-state index in [1.165, 1.54) is 11.3 Å². The van der Waals surface area contributed by atoms with Crippen molar-refractivity contribution in [1.29, 1.82) is 0 Å². The Morgan fingerprint density at radius 2 is 1.56 bits per heavy atom. The molecule has 1 saturated heterocycles. The number of unbranched alkanes of at least 4 members (excludes halogenated alkanes) is 3. The van der Waals surface area contributed by atoms with Gasteiger partial charge >= 0.3 is 6.97 Å². The van der Waals surface area contributed by atoms with E-state index < -0.39 is 6.97 Å². The van der Waals surface area contributed by atoms with Crippen molar-refractivity contribution >= 4 is 94.8 Å². The van der Waals surface area contributed by atoms with E-state index in [4.69, 9.17) is 44.6 Å². The van der Waals surface area contributed by atoms with E-state index in [2.05, 4.69) is 15.5 Å². The third-order valence-electron chi connectivity index (χ3n) is 13.2. The molecule has 2 N–H and O–H groups in total. The zero-order chi connectivity index (χ0) is 51.1. The lowest BCUT2D eigenvalue weighted by Crippen LogP contribution is -2.50. The number of benzene rings is 3. The number of hydrogen-bond acceptors (Lipinski definition) is 7. The third-order valence-corrected chi connectivity index (χ3v) is 14.9. The molecule has 9 rings (SSSR count). The summed E-state index contributed by atoms with van der Waals surface area (Å²) in [6.07, 6.45) is 13.2. The van der Waals surface area contributed by atoms with Crippen molar-refractivity contribution < 1.29 is 32.2 Å². The summed E-state index contributed by atoms with van der Waals surface area (Å²) in [5, 5.41) is 14.1. The second kappa shape index (κ2) is 23.3. The van der Waals surface area contributed by atoms with Crippen LogP contribution in [-0.2, 0) is 9.59 Å². The fraction of sp³-hybridized carbons (Fsp3) is 0.278. The van der Waals surface area contributed by atoms with Crippen molar-refractivity contribution in [1.82, 2.24) is 34.7 Å². The molecule has 0 radical (unpaired) electrons. The third kappa shape index (κ3) is 12.1. The van der Waals surface area contributed by atoms with Crippen LogP contribution in [0.2, 0.25) is 15.1 Å². The zero-order valence-corrected chi connectivity index (χ0v) is 43.3. The molecule has 12 nitrogen and oxygen atoms in total. The second-order valence-electron chi connectivity index (χ2n) is 18.2.